The molecule has 0 aliphatic rings. The molecule has 0 fully saturated rings. The van der Waals surface area contributed by atoms with Gasteiger partial charge in [-0.05, 0) is 59.5 Å². The third kappa shape index (κ3) is 9.36. The number of anilines is 2. The zero-order valence-corrected chi connectivity index (χ0v) is 34.8. The molecule has 0 heterocycles. The van der Waals surface area contributed by atoms with Crippen LogP contribution in [0.4, 0.5) is 45.5 Å². The molecule has 0 atom stereocenters. The number of aromatic hydroxyl groups is 2. The van der Waals surface area contributed by atoms with Gasteiger partial charge in [0.2, 0.25) is 5.69 Å². The fraction of sp³-hybridized carbons (Fsp3) is 0.0588. The molecular formula is C34H28N8O17S4. The Morgan fingerprint density at radius 2 is 1.14 bits per heavy atom. The third-order valence-corrected chi connectivity index (χ3v) is 12.1. The van der Waals surface area contributed by atoms with E-state index in [-0.39, 0.29) is 83.6 Å². The normalized spacial score (nSPS) is 12.8. The van der Waals surface area contributed by atoms with Gasteiger partial charge in [-0.25, -0.2) is 5.26 Å². The van der Waals surface area contributed by atoms with Crippen LogP contribution in [-0.4, -0.2) is 73.5 Å². The summed E-state index contributed by atoms with van der Waals surface area (Å²) in [6.07, 6.45) is 0. The standard InChI is InChI=1S/C34H28N8O17S4/c1-56-25-11-15(3-9-23(25)37-39-29-27(60-59-58-46)13-19-17(31(29)43)5-7-21(35)33(19)62(50,51)52)41-42(45)16-4-10-24(26(12-16)57-2)38-40-30-28(61(47,48)49)14-20-18(32(30)44)6-8-22(36)34(20)63(53,54)55/h3-14,43-44,46H,35-36H2,1-2H3,(H,47,48,49)(H,50,51,52)(H,53,54,55). The average molecular weight is 949 g/mol. The van der Waals surface area contributed by atoms with Gasteiger partial charge >= 0.3 is 0 Å². The number of rotatable bonds is 14. The second-order valence-corrected chi connectivity index (χ2v) is 17.3. The van der Waals surface area contributed by atoms with E-state index < -0.39 is 73.3 Å². The Balaban J connectivity index is 1.32. The van der Waals surface area contributed by atoms with Crippen molar-refractivity contribution in [3.05, 3.63) is 78.0 Å². The SMILES string of the molecule is COc1cc(N=[N+]([O-])c2ccc(N=Nc3c(S(=O)(=O)O)cc4c(S(=O)(=O)O)c(N)ccc4c3O)c(OC)c2)ccc1N=Nc1c(SOOO)cc2c(S(=O)(=O)O)c(N)ccc2c1O. The first-order chi connectivity index (χ1) is 29.6. The molecule has 63 heavy (non-hydrogen) atoms. The van der Waals surface area contributed by atoms with Crippen LogP contribution in [0.5, 0.6) is 23.0 Å². The first kappa shape index (κ1) is 45.7. The van der Waals surface area contributed by atoms with Gasteiger partial charge in [-0.15, -0.1) is 24.8 Å². The fourth-order valence-electron chi connectivity index (χ4n) is 5.95. The third-order valence-electron chi connectivity index (χ3n) is 8.65. The monoisotopic (exact) mass is 948 g/mol. The Morgan fingerprint density at radius 1 is 0.635 bits per heavy atom. The molecule has 0 saturated heterocycles. The van der Waals surface area contributed by atoms with Crippen molar-refractivity contribution in [3.63, 3.8) is 0 Å². The minimum absolute atomic E-state index is 0.00600. The highest BCUT2D eigenvalue weighted by Gasteiger charge is 2.28. The number of methoxy groups -OCH3 is 2. The van der Waals surface area contributed by atoms with E-state index in [1.165, 1.54) is 56.7 Å². The van der Waals surface area contributed by atoms with Crippen LogP contribution < -0.4 is 20.9 Å². The number of phenols is 2. The second kappa shape index (κ2) is 17.5. The van der Waals surface area contributed by atoms with Gasteiger partial charge < -0.3 is 36.4 Å². The van der Waals surface area contributed by atoms with E-state index in [1.54, 1.807) is 0 Å². The molecule has 0 spiro atoms. The molecule has 0 aliphatic heterocycles. The summed E-state index contributed by atoms with van der Waals surface area (Å²) in [5.41, 5.74) is 9.24. The topological polar surface area (TPSA) is 401 Å². The van der Waals surface area contributed by atoms with Crippen LogP contribution in [0.15, 0.2) is 118 Å². The molecular weight excluding hydrogens is 921 g/mol. The number of hydrogen-bond donors (Lipinski definition) is 8. The summed E-state index contributed by atoms with van der Waals surface area (Å²) in [5, 5.41) is 66.2. The maximum Gasteiger partial charge on any atom is 0.297 e. The van der Waals surface area contributed by atoms with E-state index >= 15 is 0 Å². The summed E-state index contributed by atoms with van der Waals surface area (Å²) >= 11 is 0.284. The molecule has 0 aromatic heterocycles. The molecule has 0 radical (unpaired) electrons. The molecule has 0 aliphatic carbocycles. The summed E-state index contributed by atoms with van der Waals surface area (Å²) in [4.78, 5) is -2.74. The minimum Gasteiger partial charge on any atom is -0.594 e. The number of fused-ring (bicyclic) bond motifs is 2. The highest BCUT2D eigenvalue weighted by molar-refractivity contribution is 7.94. The summed E-state index contributed by atoms with van der Waals surface area (Å²) < 4.78 is 118. The predicted molar refractivity (Wildman–Crippen MR) is 220 cm³/mol. The maximum atomic E-state index is 13.2. The zero-order chi connectivity index (χ0) is 46.2. The van der Waals surface area contributed by atoms with Crippen molar-refractivity contribution in [1.82, 2.24) is 0 Å². The Bertz CT molecular complexity index is 3300. The van der Waals surface area contributed by atoms with Gasteiger partial charge in [0.1, 0.15) is 48.9 Å². The number of azo groups is 3. The minimum atomic E-state index is -5.23. The van der Waals surface area contributed by atoms with E-state index in [4.69, 9.17) is 26.2 Å². The maximum absolute atomic E-state index is 13.2. The van der Waals surface area contributed by atoms with Crippen LogP contribution in [0, 0.1) is 5.21 Å². The number of nitrogen functional groups attached to an aromatic ring is 2. The zero-order valence-electron chi connectivity index (χ0n) is 31.6. The van der Waals surface area contributed by atoms with Gasteiger partial charge in [0.25, 0.3) is 30.4 Å². The first-order valence-electron chi connectivity index (χ1n) is 16.7. The van der Waals surface area contributed by atoms with E-state index in [1.807, 2.05) is 0 Å². The molecule has 25 nitrogen and oxygen atoms in total. The van der Waals surface area contributed by atoms with Crippen LogP contribution in [0.3, 0.4) is 0 Å². The van der Waals surface area contributed by atoms with Crippen molar-refractivity contribution in [2.45, 2.75) is 19.6 Å². The number of ether oxygens (including phenoxy) is 2. The van der Waals surface area contributed by atoms with Gasteiger partial charge in [-0.3, -0.25) is 13.7 Å². The lowest BCUT2D eigenvalue weighted by molar-refractivity contribution is -0.435. The van der Waals surface area contributed by atoms with Gasteiger partial charge in [0, 0.05) is 38.8 Å². The van der Waals surface area contributed by atoms with Crippen LogP contribution in [0.1, 0.15) is 0 Å². The van der Waals surface area contributed by atoms with Crippen molar-refractivity contribution in [3.8, 4) is 23.0 Å². The van der Waals surface area contributed by atoms with Crippen molar-refractivity contribution in [1.29, 1.82) is 0 Å². The predicted octanol–water partition coefficient (Wildman–Crippen LogP) is 7.51. The molecule has 0 unspecified atom stereocenters. The first-order valence-corrected chi connectivity index (χ1v) is 21.8. The van der Waals surface area contributed by atoms with Crippen LogP contribution >= 0.6 is 12.0 Å². The van der Waals surface area contributed by atoms with Gasteiger partial charge in [-0.2, -0.15) is 25.3 Å². The Labute approximate surface area is 358 Å². The van der Waals surface area contributed by atoms with Crippen LogP contribution in [0.2, 0.25) is 0 Å². The molecule has 0 amide bonds. The highest BCUT2D eigenvalue weighted by atomic mass is 32.2. The van der Waals surface area contributed by atoms with E-state index in [9.17, 15) is 54.3 Å². The molecule has 0 saturated carbocycles. The summed E-state index contributed by atoms with van der Waals surface area (Å²) in [7, 11) is -12.7. The molecule has 6 rings (SSSR count). The lowest BCUT2D eigenvalue weighted by Gasteiger charge is -2.13. The number of nitrogens with zero attached hydrogens (tertiary/aromatic N) is 6. The molecule has 330 valence electrons. The highest BCUT2D eigenvalue weighted by Crippen LogP contribution is 2.48. The Kier molecular flexibility index (Phi) is 12.7. The van der Waals surface area contributed by atoms with Gasteiger partial charge in [-0.1, -0.05) is 5.04 Å². The number of hydrogen-bond acceptors (Lipinski definition) is 22. The molecule has 29 heteroatoms. The van der Waals surface area contributed by atoms with Gasteiger partial charge in [0.15, 0.2) is 17.2 Å². The summed E-state index contributed by atoms with van der Waals surface area (Å²) in [6, 6.07) is 13.8. The largest absolute Gasteiger partial charge is 0.594 e. The van der Waals surface area contributed by atoms with Crippen LogP contribution in [-0.2, 0) is 39.7 Å². The molecule has 0 bridgehead atoms. The van der Waals surface area contributed by atoms with Crippen molar-refractivity contribution < 1.29 is 78.1 Å². The Hall–Kier alpha value is -6.80. The molecule has 6 aromatic rings. The van der Waals surface area contributed by atoms with Crippen molar-refractivity contribution >= 4 is 109 Å². The van der Waals surface area contributed by atoms with Crippen LogP contribution in [0.25, 0.3) is 21.5 Å². The average Bonchev–Trinajstić information content (AvgIpc) is 3.20. The summed E-state index contributed by atoms with van der Waals surface area (Å²) in [5.74, 6) is -1.72. The number of benzene rings is 6. The van der Waals surface area contributed by atoms with Crippen molar-refractivity contribution in [2.24, 2.45) is 25.6 Å². The molecule has 6 aromatic carbocycles. The quantitative estimate of drug-likeness (QED) is 0.00995. The van der Waals surface area contributed by atoms with E-state index in [0.29, 0.717) is 6.07 Å². The second-order valence-electron chi connectivity index (χ2n) is 12.4. The molecule has 10 N–H and O–H groups in total. The summed E-state index contributed by atoms with van der Waals surface area (Å²) in [6.45, 7) is 0. The number of phenolic OH excluding ortho intramolecular Hbond substituents is 2. The lowest BCUT2D eigenvalue weighted by atomic mass is 10.1. The number of nitrogens with two attached hydrogens (primary N) is 2. The Morgan fingerprint density at radius 3 is 1.67 bits per heavy atom. The fourth-order valence-corrected chi connectivity index (χ4v) is 8.71. The van der Waals surface area contributed by atoms with Gasteiger partial charge in [0.05, 0.1) is 48.6 Å². The van der Waals surface area contributed by atoms with Crippen molar-refractivity contribution in [2.75, 3.05) is 25.7 Å². The smallest absolute Gasteiger partial charge is 0.297 e. The van der Waals surface area contributed by atoms with E-state index in [2.05, 4.69) is 34.9 Å². The lowest BCUT2D eigenvalue weighted by Crippen LogP contribution is -2.06. The van der Waals surface area contributed by atoms with E-state index in [0.717, 1.165) is 24.3 Å².